The second-order valence-corrected chi connectivity index (χ2v) is 3.73. The van der Waals surface area contributed by atoms with Gasteiger partial charge < -0.3 is 20.6 Å². The molecule has 0 heterocycles. The van der Waals surface area contributed by atoms with Crippen molar-refractivity contribution >= 4 is 11.9 Å². The van der Waals surface area contributed by atoms with Crippen LogP contribution >= 0.6 is 0 Å². The van der Waals surface area contributed by atoms with E-state index in [1.165, 1.54) is 13.8 Å². The summed E-state index contributed by atoms with van der Waals surface area (Å²) < 4.78 is 0. The van der Waals surface area contributed by atoms with Gasteiger partial charge in [0.05, 0.1) is 6.61 Å². The van der Waals surface area contributed by atoms with Crippen molar-refractivity contribution in [1.82, 2.24) is 5.32 Å². The average Bonchev–Trinajstić information content (AvgIpc) is 2.15. The van der Waals surface area contributed by atoms with Gasteiger partial charge in [0.2, 0.25) is 0 Å². The van der Waals surface area contributed by atoms with E-state index < -0.39 is 23.4 Å². The Balaban J connectivity index is 4.28. The molecule has 0 aliphatic heterocycles. The molecule has 0 aliphatic carbocycles. The molecule has 6 heteroatoms. The third-order valence-electron chi connectivity index (χ3n) is 1.85. The number of carbonyl (C=O) groups excluding carboxylic acids is 1. The van der Waals surface area contributed by atoms with Crippen molar-refractivity contribution in [3.63, 3.8) is 0 Å². The van der Waals surface area contributed by atoms with Crippen molar-refractivity contribution in [1.29, 1.82) is 0 Å². The summed E-state index contributed by atoms with van der Waals surface area (Å²) >= 11 is 0. The molecular formula is C9H15NO5. The van der Waals surface area contributed by atoms with Crippen molar-refractivity contribution in [2.45, 2.75) is 20.0 Å². The number of rotatable bonds is 5. The zero-order valence-electron chi connectivity index (χ0n) is 8.60. The third kappa shape index (κ3) is 4.57. The largest absolute Gasteiger partial charge is 0.478 e. The van der Waals surface area contributed by atoms with Crippen molar-refractivity contribution in [3.05, 3.63) is 12.3 Å². The van der Waals surface area contributed by atoms with Gasteiger partial charge in [0.1, 0.15) is 6.10 Å². The molecule has 6 nitrogen and oxygen atoms in total. The third-order valence-corrected chi connectivity index (χ3v) is 1.85. The number of nitrogens with one attached hydrogen (secondary N) is 1. The summed E-state index contributed by atoms with van der Waals surface area (Å²) in [5.41, 5.74) is -0.971. The van der Waals surface area contributed by atoms with Gasteiger partial charge >= 0.3 is 5.97 Å². The predicted octanol–water partition coefficient (Wildman–Crippen LogP) is -0.920. The zero-order valence-corrected chi connectivity index (χ0v) is 8.60. The van der Waals surface area contributed by atoms with Gasteiger partial charge in [-0.25, -0.2) is 4.79 Å². The van der Waals surface area contributed by atoms with Crippen molar-refractivity contribution in [2.75, 3.05) is 6.61 Å². The fourth-order valence-corrected chi connectivity index (χ4v) is 0.715. The van der Waals surface area contributed by atoms with E-state index in [0.717, 1.165) is 12.3 Å². The minimum atomic E-state index is -1.40. The molecule has 0 aromatic rings. The van der Waals surface area contributed by atoms with Gasteiger partial charge in [-0.05, 0) is 0 Å². The number of carboxylic acid groups (broad SMARTS) is 1. The van der Waals surface area contributed by atoms with E-state index in [-0.39, 0.29) is 6.61 Å². The Bertz CT molecular complexity index is 272. The highest BCUT2D eigenvalue weighted by atomic mass is 16.4. The Morgan fingerprint density at radius 2 is 2.00 bits per heavy atom. The van der Waals surface area contributed by atoms with E-state index in [0.29, 0.717) is 0 Å². The monoisotopic (exact) mass is 217 g/mol. The molecule has 0 aromatic heterocycles. The van der Waals surface area contributed by atoms with E-state index in [1.54, 1.807) is 0 Å². The molecule has 0 spiro atoms. The lowest BCUT2D eigenvalue weighted by molar-refractivity contribution is -0.136. The second-order valence-electron chi connectivity index (χ2n) is 3.73. The highest BCUT2D eigenvalue weighted by Gasteiger charge is 2.32. The first kappa shape index (κ1) is 13.6. The Morgan fingerprint density at radius 1 is 1.47 bits per heavy atom. The van der Waals surface area contributed by atoms with Crippen LogP contribution in [0.3, 0.4) is 0 Å². The van der Waals surface area contributed by atoms with Gasteiger partial charge in [-0.15, -0.1) is 0 Å². The molecular weight excluding hydrogens is 202 g/mol. The second kappa shape index (κ2) is 5.47. The van der Waals surface area contributed by atoms with E-state index in [1.807, 2.05) is 0 Å². The quantitative estimate of drug-likeness (QED) is 0.445. The molecule has 0 rings (SSSR count). The highest BCUT2D eigenvalue weighted by molar-refractivity contribution is 5.84. The van der Waals surface area contributed by atoms with Crippen LogP contribution in [0.2, 0.25) is 0 Å². The Morgan fingerprint density at radius 3 is 2.40 bits per heavy atom. The number of hydrogen-bond donors (Lipinski definition) is 4. The van der Waals surface area contributed by atoms with Crippen LogP contribution in [0, 0.1) is 5.41 Å². The normalized spacial score (nSPS) is 13.9. The molecule has 1 atom stereocenters. The molecule has 4 N–H and O–H groups in total. The maximum atomic E-state index is 11.2. The van der Waals surface area contributed by atoms with Gasteiger partial charge in [-0.2, -0.15) is 0 Å². The molecule has 0 saturated carbocycles. The minimum absolute atomic E-state index is 0.357. The Kier molecular flexibility index (Phi) is 4.96. The molecule has 15 heavy (non-hydrogen) atoms. The van der Waals surface area contributed by atoms with E-state index >= 15 is 0 Å². The van der Waals surface area contributed by atoms with Crippen molar-refractivity contribution in [2.24, 2.45) is 5.41 Å². The van der Waals surface area contributed by atoms with Crippen LogP contribution in [0.4, 0.5) is 0 Å². The van der Waals surface area contributed by atoms with Crippen LogP contribution in [0.15, 0.2) is 12.3 Å². The van der Waals surface area contributed by atoms with Crippen LogP contribution in [-0.2, 0) is 9.59 Å². The van der Waals surface area contributed by atoms with E-state index in [9.17, 15) is 14.7 Å². The maximum absolute atomic E-state index is 11.2. The van der Waals surface area contributed by atoms with Crippen LogP contribution in [0.1, 0.15) is 13.8 Å². The first-order chi connectivity index (χ1) is 6.81. The zero-order chi connectivity index (χ0) is 12.1. The van der Waals surface area contributed by atoms with Crippen molar-refractivity contribution < 1.29 is 24.9 Å². The molecule has 1 amide bonds. The standard InChI is InChI=1S/C9H15NO5/c1-9(2,5-11)7(14)8(15)10-4-3-6(12)13/h3-4,7,11,14H,5H2,1-2H3,(H,10,15)(H,12,13)/b4-3+. The lowest BCUT2D eigenvalue weighted by atomic mass is 9.87. The summed E-state index contributed by atoms with van der Waals surface area (Å²) in [6.07, 6.45) is 0.249. The molecule has 0 aliphatic rings. The summed E-state index contributed by atoms with van der Waals surface area (Å²) in [7, 11) is 0. The fourth-order valence-electron chi connectivity index (χ4n) is 0.715. The molecule has 1 unspecified atom stereocenters. The number of aliphatic hydroxyl groups excluding tert-OH is 2. The van der Waals surface area contributed by atoms with Crippen LogP contribution in [-0.4, -0.2) is 39.9 Å². The van der Waals surface area contributed by atoms with E-state index in [4.69, 9.17) is 10.2 Å². The summed E-state index contributed by atoms with van der Waals surface area (Å²) in [5.74, 6) is -1.96. The first-order valence-electron chi connectivity index (χ1n) is 4.30. The number of aliphatic carboxylic acids is 1. The van der Waals surface area contributed by atoms with Crippen molar-refractivity contribution in [3.8, 4) is 0 Å². The molecule has 0 saturated heterocycles. The number of carboxylic acids is 1. The van der Waals surface area contributed by atoms with Gasteiger partial charge in [0.15, 0.2) is 0 Å². The highest BCUT2D eigenvalue weighted by Crippen LogP contribution is 2.19. The number of carbonyl (C=O) groups is 2. The van der Waals surface area contributed by atoms with Gasteiger partial charge in [-0.3, -0.25) is 4.79 Å². The van der Waals surface area contributed by atoms with Crippen LogP contribution in [0.25, 0.3) is 0 Å². The number of hydrogen-bond acceptors (Lipinski definition) is 4. The molecule has 0 bridgehead atoms. The summed E-state index contributed by atoms with van der Waals surface area (Å²) in [6, 6.07) is 0. The lowest BCUT2D eigenvalue weighted by Gasteiger charge is -2.26. The fraction of sp³-hybridized carbons (Fsp3) is 0.556. The minimum Gasteiger partial charge on any atom is -0.478 e. The van der Waals surface area contributed by atoms with Crippen LogP contribution < -0.4 is 5.32 Å². The maximum Gasteiger partial charge on any atom is 0.329 e. The van der Waals surface area contributed by atoms with Gasteiger partial charge in [0.25, 0.3) is 5.91 Å². The van der Waals surface area contributed by atoms with Gasteiger partial charge in [0, 0.05) is 17.7 Å². The molecule has 86 valence electrons. The Hall–Kier alpha value is -1.40. The summed E-state index contributed by atoms with van der Waals surface area (Å²) in [6.45, 7) is 2.67. The van der Waals surface area contributed by atoms with E-state index in [2.05, 4.69) is 5.32 Å². The number of aliphatic hydroxyl groups is 2. The molecule has 0 fully saturated rings. The predicted molar refractivity (Wildman–Crippen MR) is 51.8 cm³/mol. The smallest absolute Gasteiger partial charge is 0.329 e. The molecule has 0 radical (unpaired) electrons. The first-order valence-corrected chi connectivity index (χ1v) is 4.30. The van der Waals surface area contributed by atoms with Gasteiger partial charge in [-0.1, -0.05) is 13.8 Å². The Labute approximate surface area is 87.2 Å². The SMILES string of the molecule is CC(C)(CO)C(O)C(=O)N/C=C/C(=O)O. The molecule has 0 aromatic carbocycles. The summed E-state index contributed by atoms with van der Waals surface area (Å²) in [4.78, 5) is 21.3. The number of amides is 1. The topological polar surface area (TPSA) is 107 Å². The average molecular weight is 217 g/mol. The lowest BCUT2D eigenvalue weighted by Crippen LogP contribution is -2.44. The van der Waals surface area contributed by atoms with Crippen LogP contribution in [0.5, 0.6) is 0 Å². The summed E-state index contributed by atoms with van der Waals surface area (Å²) in [5, 5.41) is 28.7.